The molecule has 0 fully saturated rings. The van der Waals surface area contributed by atoms with E-state index in [-0.39, 0.29) is 12.2 Å². The van der Waals surface area contributed by atoms with E-state index in [0.717, 1.165) is 12.8 Å². The molecule has 9 nitrogen and oxygen atoms in total. The van der Waals surface area contributed by atoms with Gasteiger partial charge in [-0.2, -0.15) is 0 Å². The summed E-state index contributed by atoms with van der Waals surface area (Å²) in [6.07, 6.45) is 1.64. The second-order valence-corrected chi connectivity index (χ2v) is 7.16. The predicted octanol–water partition coefficient (Wildman–Crippen LogP) is 1.72. The van der Waals surface area contributed by atoms with Crippen molar-refractivity contribution < 1.29 is 19.0 Å². The molecule has 3 heterocycles. The van der Waals surface area contributed by atoms with Gasteiger partial charge in [0.05, 0.1) is 37.0 Å². The fourth-order valence-electron chi connectivity index (χ4n) is 3.99. The maximum Gasteiger partial charge on any atom is 0.337 e. The molecule has 2 N–H and O–H groups in total. The van der Waals surface area contributed by atoms with Crippen molar-refractivity contribution in [1.82, 2.24) is 9.55 Å². The third kappa shape index (κ3) is 3.06. The number of nitrogens with one attached hydrogen (secondary N) is 2. The number of hydrogen-bond donors (Lipinski definition) is 2. The monoisotopic (exact) mass is 413 g/mol. The minimum absolute atomic E-state index is 0.0468. The molecule has 0 saturated carbocycles. The van der Waals surface area contributed by atoms with Crippen LogP contribution in [0.25, 0.3) is 0 Å². The van der Waals surface area contributed by atoms with E-state index in [0.29, 0.717) is 40.7 Å². The van der Waals surface area contributed by atoms with Crippen LogP contribution in [0, 0.1) is 0 Å². The third-order valence-electron chi connectivity index (χ3n) is 5.46. The molecule has 9 heteroatoms. The number of benzene rings is 1. The summed E-state index contributed by atoms with van der Waals surface area (Å²) < 4.78 is 17.6. The Kier molecular flexibility index (Phi) is 5.11. The molecule has 0 radical (unpaired) electrons. The lowest BCUT2D eigenvalue weighted by molar-refractivity contribution is -0.136. The molecule has 158 valence electrons. The van der Waals surface area contributed by atoms with Crippen LogP contribution >= 0.6 is 0 Å². The zero-order valence-corrected chi connectivity index (χ0v) is 17.0. The second kappa shape index (κ2) is 7.74. The Morgan fingerprint density at radius 2 is 2.00 bits per heavy atom. The van der Waals surface area contributed by atoms with Gasteiger partial charge in [0.15, 0.2) is 0 Å². The van der Waals surface area contributed by atoms with E-state index in [4.69, 9.17) is 14.2 Å². The van der Waals surface area contributed by atoms with E-state index in [1.807, 2.05) is 6.92 Å². The number of esters is 1. The minimum atomic E-state index is -0.770. The van der Waals surface area contributed by atoms with E-state index < -0.39 is 23.1 Å². The number of anilines is 1. The number of fused-ring (bicyclic) bond motifs is 1. The summed E-state index contributed by atoms with van der Waals surface area (Å²) in [5.74, 6) is 0.141. The highest BCUT2D eigenvalue weighted by atomic mass is 16.5. The molecule has 0 spiro atoms. The average Bonchev–Trinajstić information content (AvgIpc) is 3.12. The molecular formula is C21H23N3O6. The van der Waals surface area contributed by atoms with Crippen LogP contribution in [0.2, 0.25) is 0 Å². The van der Waals surface area contributed by atoms with Crippen LogP contribution in [0.15, 0.2) is 39.1 Å². The molecule has 0 amide bonds. The summed E-state index contributed by atoms with van der Waals surface area (Å²) in [6.45, 7) is 2.50. The molecular weight excluding hydrogens is 390 g/mol. The summed E-state index contributed by atoms with van der Waals surface area (Å²) in [6, 6.07) is 5.19. The van der Waals surface area contributed by atoms with Gasteiger partial charge in [-0.1, -0.05) is 13.3 Å². The van der Waals surface area contributed by atoms with Crippen molar-refractivity contribution in [2.75, 3.05) is 26.1 Å². The lowest BCUT2D eigenvalue weighted by Crippen LogP contribution is -2.38. The number of aromatic amines is 1. The van der Waals surface area contributed by atoms with Crippen LogP contribution in [0.5, 0.6) is 11.5 Å². The van der Waals surface area contributed by atoms with Crippen molar-refractivity contribution in [2.24, 2.45) is 0 Å². The normalized spacial score (nSPS) is 17.2. The molecule has 2 aliphatic rings. The first-order chi connectivity index (χ1) is 14.5. The Labute approximate surface area is 172 Å². The Hall–Kier alpha value is -3.49. The SMILES string of the molecule is CCCCn1c2c(c(=O)[nH]c1=O)[C@H](c1cc(OC)ccc1OC)C1=C(COC1=O)N2. The Bertz CT molecular complexity index is 1160. The van der Waals surface area contributed by atoms with Crippen LogP contribution in [0.3, 0.4) is 0 Å². The summed E-state index contributed by atoms with van der Waals surface area (Å²) >= 11 is 0. The number of aromatic nitrogens is 2. The van der Waals surface area contributed by atoms with E-state index in [1.54, 1.807) is 18.2 Å². The number of unbranched alkanes of at least 4 members (excludes halogenated alkanes) is 1. The molecule has 4 rings (SSSR count). The molecule has 0 bridgehead atoms. The smallest absolute Gasteiger partial charge is 0.337 e. The fraction of sp³-hybridized carbons (Fsp3) is 0.381. The summed E-state index contributed by atoms with van der Waals surface area (Å²) in [7, 11) is 3.05. The number of ether oxygens (including phenoxy) is 3. The van der Waals surface area contributed by atoms with Gasteiger partial charge in [0.1, 0.15) is 23.9 Å². The first-order valence-corrected chi connectivity index (χ1v) is 9.76. The molecule has 0 unspecified atom stereocenters. The quantitative estimate of drug-likeness (QED) is 0.694. The standard InChI is InChI=1S/C21H23N3O6/c1-4-5-8-24-18-17(19(25)23-21(24)27)15(16-13(22-18)10-30-20(16)26)12-9-11(28-2)6-7-14(12)29-3/h6-7,9,15,22H,4-5,8,10H2,1-3H3,(H,23,25,27)/t15-/m1/s1. The number of carbonyl (C=O) groups excluding carboxylic acids is 1. The van der Waals surface area contributed by atoms with Crippen molar-refractivity contribution in [3.63, 3.8) is 0 Å². The van der Waals surface area contributed by atoms with Crippen molar-refractivity contribution in [2.45, 2.75) is 32.2 Å². The molecule has 1 atom stereocenters. The number of H-pyrrole nitrogens is 1. The van der Waals surface area contributed by atoms with Gasteiger partial charge < -0.3 is 19.5 Å². The Morgan fingerprint density at radius 1 is 1.20 bits per heavy atom. The van der Waals surface area contributed by atoms with E-state index in [1.165, 1.54) is 18.8 Å². The highest BCUT2D eigenvalue weighted by Gasteiger charge is 2.42. The maximum absolute atomic E-state index is 13.0. The maximum atomic E-state index is 13.0. The largest absolute Gasteiger partial charge is 0.497 e. The Morgan fingerprint density at radius 3 is 2.70 bits per heavy atom. The second-order valence-electron chi connectivity index (χ2n) is 7.16. The van der Waals surface area contributed by atoms with Crippen LogP contribution in [-0.4, -0.2) is 36.3 Å². The summed E-state index contributed by atoms with van der Waals surface area (Å²) in [4.78, 5) is 40.6. The highest BCUT2D eigenvalue weighted by molar-refractivity contribution is 5.97. The summed E-state index contributed by atoms with van der Waals surface area (Å²) in [5.41, 5.74) is 0.673. The first kappa shape index (κ1) is 19.8. The lowest BCUT2D eigenvalue weighted by atomic mass is 9.82. The van der Waals surface area contributed by atoms with Crippen LogP contribution in [0.1, 0.15) is 36.8 Å². The topological polar surface area (TPSA) is 112 Å². The molecule has 1 aromatic heterocycles. The van der Waals surface area contributed by atoms with Gasteiger partial charge in [-0.05, 0) is 24.6 Å². The zero-order chi connectivity index (χ0) is 21.4. The van der Waals surface area contributed by atoms with E-state index >= 15 is 0 Å². The van der Waals surface area contributed by atoms with Gasteiger partial charge in [-0.25, -0.2) is 9.59 Å². The van der Waals surface area contributed by atoms with Crippen molar-refractivity contribution >= 4 is 11.8 Å². The van der Waals surface area contributed by atoms with Gasteiger partial charge in [0, 0.05) is 12.1 Å². The van der Waals surface area contributed by atoms with Crippen LogP contribution in [0.4, 0.5) is 5.82 Å². The zero-order valence-electron chi connectivity index (χ0n) is 17.0. The van der Waals surface area contributed by atoms with Crippen LogP contribution in [-0.2, 0) is 16.1 Å². The molecule has 0 aliphatic carbocycles. The number of carbonyl (C=O) groups is 1. The molecule has 30 heavy (non-hydrogen) atoms. The molecule has 1 aromatic carbocycles. The van der Waals surface area contributed by atoms with Crippen molar-refractivity contribution in [3.05, 3.63) is 61.4 Å². The third-order valence-corrected chi connectivity index (χ3v) is 5.46. The summed E-state index contributed by atoms with van der Waals surface area (Å²) in [5, 5.41) is 3.12. The minimum Gasteiger partial charge on any atom is -0.497 e. The van der Waals surface area contributed by atoms with Gasteiger partial charge in [-0.15, -0.1) is 0 Å². The molecule has 2 aromatic rings. The lowest BCUT2D eigenvalue weighted by Gasteiger charge is -2.29. The highest BCUT2D eigenvalue weighted by Crippen LogP contribution is 2.45. The van der Waals surface area contributed by atoms with Gasteiger partial charge in [0.25, 0.3) is 5.56 Å². The Balaban J connectivity index is 2.03. The first-order valence-electron chi connectivity index (χ1n) is 9.76. The average molecular weight is 413 g/mol. The number of rotatable bonds is 6. The van der Waals surface area contributed by atoms with E-state index in [2.05, 4.69) is 10.3 Å². The number of methoxy groups -OCH3 is 2. The molecule has 2 aliphatic heterocycles. The van der Waals surface area contributed by atoms with E-state index in [9.17, 15) is 14.4 Å². The van der Waals surface area contributed by atoms with Gasteiger partial charge >= 0.3 is 11.7 Å². The van der Waals surface area contributed by atoms with Crippen LogP contribution < -0.4 is 26.0 Å². The fourth-order valence-corrected chi connectivity index (χ4v) is 3.99. The number of nitrogens with zero attached hydrogens (tertiary/aromatic N) is 1. The number of hydrogen-bond acceptors (Lipinski definition) is 7. The molecule has 0 saturated heterocycles. The predicted molar refractivity (Wildman–Crippen MR) is 109 cm³/mol. The van der Waals surface area contributed by atoms with Crippen molar-refractivity contribution in [3.8, 4) is 11.5 Å². The van der Waals surface area contributed by atoms with Gasteiger partial charge in [0.2, 0.25) is 0 Å². The number of cyclic esters (lactones) is 1. The van der Waals surface area contributed by atoms with Crippen molar-refractivity contribution in [1.29, 1.82) is 0 Å². The van der Waals surface area contributed by atoms with Gasteiger partial charge in [-0.3, -0.25) is 14.3 Å².